The summed E-state index contributed by atoms with van der Waals surface area (Å²) in [7, 11) is 0. The average Bonchev–Trinajstić information content (AvgIpc) is 2.71. The first kappa shape index (κ1) is 19.1. The molecule has 0 bridgehead atoms. The first-order chi connectivity index (χ1) is 13.6. The largest absolute Gasteiger partial charge is 0.326 e. The topological polar surface area (TPSA) is 83.1 Å². The van der Waals surface area contributed by atoms with Crippen molar-refractivity contribution >= 4 is 23.3 Å². The van der Waals surface area contributed by atoms with E-state index in [-0.39, 0.29) is 5.91 Å². The van der Waals surface area contributed by atoms with Crippen molar-refractivity contribution in [3.8, 4) is 0 Å². The van der Waals surface area contributed by atoms with Gasteiger partial charge in [0.1, 0.15) is 6.04 Å². The van der Waals surface area contributed by atoms with Crippen molar-refractivity contribution in [2.45, 2.75) is 19.4 Å². The molecule has 0 aliphatic carbocycles. The molecule has 0 unspecified atom stereocenters. The number of aryl methyl sites for hydroxylation is 1. The highest BCUT2D eigenvalue weighted by Gasteiger charge is 2.21. The van der Waals surface area contributed by atoms with E-state index < -0.39 is 12.1 Å². The Bertz CT molecular complexity index is 912. The Morgan fingerprint density at radius 1 is 0.857 bits per heavy atom. The number of urea groups is 1. The summed E-state index contributed by atoms with van der Waals surface area (Å²) in [6, 6.07) is 19.2. The highest BCUT2D eigenvalue weighted by molar-refractivity contribution is 5.99. The lowest BCUT2D eigenvalue weighted by atomic mass is 10.1. The number of hydrogen-bond donors (Lipinski definition) is 3. The molecule has 142 valence electrons. The maximum Gasteiger partial charge on any atom is 0.319 e. The number of aromatic nitrogens is 1. The zero-order valence-electron chi connectivity index (χ0n) is 15.6. The van der Waals surface area contributed by atoms with E-state index in [2.05, 4.69) is 20.9 Å². The van der Waals surface area contributed by atoms with Gasteiger partial charge in [-0.25, -0.2) is 4.79 Å². The Morgan fingerprint density at radius 3 is 2.18 bits per heavy atom. The fourth-order valence-corrected chi connectivity index (χ4v) is 2.69. The van der Waals surface area contributed by atoms with Crippen LogP contribution in [0.5, 0.6) is 0 Å². The van der Waals surface area contributed by atoms with Crippen LogP contribution in [0.15, 0.2) is 79.1 Å². The lowest BCUT2D eigenvalue weighted by Gasteiger charge is -2.19. The van der Waals surface area contributed by atoms with Gasteiger partial charge in [-0.1, -0.05) is 48.0 Å². The van der Waals surface area contributed by atoms with Crippen LogP contribution in [-0.2, 0) is 11.2 Å². The highest BCUT2D eigenvalue weighted by Crippen LogP contribution is 2.10. The molecule has 3 aromatic rings. The summed E-state index contributed by atoms with van der Waals surface area (Å²) in [5.74, 6) is -0.297. The van der Waals surface area contributed by atoms with Gasteiger partial charge in [-0.2, -0.15) is 0 Å². The summed E-state index contributed by atoms with van der Waals surface area (Å²) in [4.78, 5) is 29.2. The molecule has 1 heterocycles. The Kier molecular flexibility index (Phi) is 6.36. The SMILES string of the molecule is Cc1ccc(NC(=O)N[C@@H](Cc2ccccc2)C(=O)Nc2ccncc2)cc1. The quantitative estimate of drug-likeness (QED) is 0.614. The van der Waals surface area contributed by atoms with E-state index in [1.54, 1.807) is 24.5 Å². The summed E-state index contributed by atoms with van der Waals surface area (Å²) in [5.41, 5.74) is 3.34. The van der Waals surface area contributed by atoms with E-state index in [1.807, 2.05) is 61.5 Å². The lowest BCUT2D eigenvalue weighted by molar-refractivity contribution is -0.117. The fourth-order valence-electron chi connectivity index (χ4n) is 2.69. The van der Waals surface area contributed by atoms with Crippen molar-refractivity contribution in [1.82, 2.24) is 10.3 Å². The van der Waals surface area contributed by atoms with Crippen molar-refractivity contribution in [1.29, 1.82) is 0 Å². The summed E-state index contributed by atoms with van der Waals surface area (Å²) >= 11 is 0. The average molecular weight is 374 g/mol. The molecule has 6 nitrogen and oxygen atoms in total. The van der Waals surface area contributed by atoms with E-state index in [0.29, 0.717) is 17.8 Å². The zero-order chi connectivity index (χ0) is 19.8. The number of carbonyl (C=O) groups excluding carboxylic acids is 2. The molecule has 2 aromatic carbocycles. The van der Waals surface area contributed by atoms with Crippen molar-refractivity contribution in [2.24, 2.45) is 0 Å². The Labute approximate surface area is 164 Å². The van der Waals surface area contributed by atoms with Crippen LogP contribution >= 0.6 is 0 Å². The van der Waals surface area contributed by atoms with E-state index in [9.17, 15) is 9.59 Å². The third kappa shape index (κ3) is 5.67. The van der Waals surface area contributed by atoms with Gasteiger partial charge in [-0.15, -0.1) is 0 Å². The summed E-state index contributed by atoms with van der Waals surface area (Å²) in [6.07, 6.45) is 3.57. The van der Waals surface area contributed by atoms with Crippen molar-refractivity contribution < 1.29 is 9.59 Å². The second-order valence-electron chi connectivity index (χ2n) is 6.43. The molecule has 0 fully saturated rings. The maximum atomic E-state index is 12.8. The fraction of sp³-hybridized carbons (Fsp3) is 0.136. The van der Waals surface area contributed by atoms with Gasteiger partial charge < -0.3 is 16.0 Å². The summed E-state index contributed by atoms with van der Waals surface area (Å²) < 4.78 is 0. The predicted molar refractivity (Wildman–Crippen MR) is 110 cm³/mol. The first-order valence-corrected chi connectivity index (χ1v) is 8.99. The van der Waals surface area contributed by atoms with E-state index in [0.717, 1.165) is 11.1 Å². The van der Waals surface area contributed by atoms with Crippen LogP contribution in [0.25, 0.3) is 0 Å². The number of rotatable bonds is 6. The van der Waals surface area contributed by atoms with Crippen LogP contribution in [0.3, 0.4) is 0 Å². The van der Waals surface area contributed by atoms with Crippen molar-refractivity contribution in [2.75, 3.05) is 10.6 Å². The number of hydrogen-bond acceptors (Lipinski definition) is 3. The number of carbonyl (C=O) groups is 2. The molecule has 3 N–H and O–H groups in total. The third-order valence-electron chi connectivity index (χ3n) is 4.16. The van der Waals surface area contributed by atoms with Gasteiger partial charge in [0.05, 0.1) is 0 Å². The monoisotopic (exact) mass is 374 g/mol. The molecule has 0 saturated heterocycles. The van der Waals surface area contributed by atoms with Crippen molar-refractivity contribution in [3.05, 3.63) is 90.3 Å². The van der Waals surface area contributed by atoms with Crippen LogP contribution in [0.2, 0.25) is 0 Å². The van der Waals surface area contributed by atoms with E-state index in [1.165, 1.54) is 0 Å². The standard InChI is InChI=1S/C22H22N4O2/c1-16-7-9-18(10-8-16)25-22(28)26-20(15-17-5-3-2-4-6-17)21(27)24-19-11-13-23-14-12-19/h2-14,20H,15H2,1H3,(H,23,24,27)(H2,25,26,28)/t20-/m0/s1. The molecule has 1 atom stereocenters. The molecule has 0 spiro atoms. The highest BCUT2D eigenvalue weighted by atomic mass is 16.2. The van der Waals surface area contributed by atoms with E-state index in [4.69, 9.17) is 0 Å². The first-order valence-electron chi connectivity index (χ1n) is 8.99. The Morgan fingerprint density at radius 2 is 1.50 bits per heavy atom. The lowest BCUT2D eigenvalue weighted by Crippen LogP contribution is -2.46. The minimum atomic E-state index is -0.735. The van der Waals surface area contributed by atoms with Crippen LogP contribution in [-0.4, -0.2) is 23.0 Å². The number of nitrogens with one attached hydrogen (secondary N) is 3. The summed E-state index contributed by atoms with van der Waals surface area (Å²) in [5, 5.41) is 8.35. The molecule has 0 saturated carbocycles. The van der Waals surface area contributed by atoms with Gasteiger partial charge in [-0.05, 0) is 36.8 Å². The molecule has 0 aliphatic rings. The van der Waals surface area contributed by atoms with Gasteiger partial charge in [-0.3, -0.25) is 9.78 Å². The molecule has 0 aliphatic heterocycles. The molecular formula is C22H22N4O2. The molecule has 3 rings (SSSR count). The van der Waals surface area contributed by atoms with Crippen LogP contribution < -0.4 is 16.0 Å². The van der Waals surface area contributed by atoms with Crippen LogP contribution in [0, 0.1) is 6.92 Å². The van der Waals surface area contributed by atoms with Gasteiger partial charge in [0.25, 0.3) is 0 Å². The van der Waals surface area contributed by atoms with E-state index >= 15 is 0 Å². The minimum absolute atomic E-state index is 0.297. The van der Waals surface area contributed by atoms with Gasteiger partial charge in [0.2, 0.25) is 5.91 Å². The zero-order valence-corrected chi connectivity index (χ0v) is 15.6. The second kappa shape index (κ2) is 9.32. The molecular weight excluding hydrogens is 352 g/mol. The minimum Gasteiger partial charge on any atom is -0.326 e. The molecule has 0 radical (unpaired) electrons. The summed E-state index contributed by atoms with van der Waals surface area (Å²) in [6.45, 7) is 1.98. The predicted octanol–water partition coefficient (Wildman–Crippen LogP) is 3.76. The second-order valence-corrected chi connectivity index (χ2v) is 6.43. The van der Waals surface area contributed by atoms with Gasteiger partial charge in [0, 0.05) is 30.2 Å². The Balaban J connectivity index is 1.70. The third-order valence-corrected chi connectivity index (χ3v) is 4.16. The number of pyridine rings is 1. The van der Waals surface area contributed by atoms with Gasteiger partial charge >= 0.3 is 6.03 Å². The normalized spacial score (nSPS) is 11.3. The van der Waals surface area contributed by atoms with Crippen LogP contribution in [0.1, 0.15) is 11.1 Å². The number of benzene rings is 2. The smallest absolute Gasteiger partial charge is 0.319 e. The number of anilines is 2. The van der Waals surface area contributed by atoms with Crippen LogP contribution in [0.4, 0.5) is 16.2 Å². The van der Waals surface area contributed by atoms with Gasteiger partial charge in [0.15, 0.2) is 0 Å². The molecule has 6 heteroatoms. The number of nitrogens with zero attached hydrogens (tertiary/aromatic N) is 1. The molecule has 1 aromatic heterocycles. The Hall–Kier alpha value is -3.67. The molecule has 28 heavy (non-hydrogen) atoms. The number of amides is 3. The van der Waals surface area contributed by atoms with Crippen molar-refractivity contribution in [3.63, 3.8) is 0 Å². The molecule has 3 amide bonds. The maximum absolute atomic E-state index is 12.8.